The van der Waals surface area contributed by atoms with Crippen molar-refractivity contribution in [3.63, 3.8) is 0 Å². The first-order valence-corrected chi connectivity index (χ1v) is 6.55. The standard InChI is InChI=1S/C11H22N6.ClH/c1-3-16(10-5-7-12-8-6-10)9-11-13-15-17(4-2)14-11;/h10,12H,3-9H2,1-2H3;1H. The van der Waals surface area contributed by atoms with Gasteiger partial charge in [0.1, 0.15) is 0 Å². The average Bonchev–Trinajstić information content (AvgIpc) is 2.84. The summed E-state index contributed by atoms with van der Waals surface area (Å²) in [6.45, 7) is 9.12. The van der Waals surface area contributed by atoms with E-state index in [9.17, 15) is 0 Å². The zero-order valence-electron chi connectivity index (χ0n) is 11.2. The summed E-state index contributed by atoms with van der Waals surface area (Å²) in [6, 6.07) is 0.662. The van der Waals surface area contributed by atoms with Gasteiger partial charge in [0.25, 0.3) is 0 Å². The Bertz CT molecular complexity index is 336. The second kappa shape index (κ2) is 7.66. The Kier molecular flexibility index (Phi) is 6.52. The van der Waals surface area contributed by atoms with Gasteiger partial charge in [-0.1, -0.05) is 6.92 Å². The molecule has 1 aromatic heterocycles. The maximum absolute atomic E-state index is 4.35. The topological polar surface area (TPSA) is 58.9 Å². The Morgan fingerprint density at radius 3 is 2.61 bits per heavy atom. The number of hydrogen-bond acceptors (Lipinski definition) is 5. The molecule has 0 unspecified atom stereocenters. The molecule has 0 radical (unpaired) electrons. The molecule has 0 atom stereocenters. The van der Waals surface area contributed by atoms with E-state index in [-0.39, 0.29) is 12.4 Å². The predicted octanol–water partition coefficient (Wildman–Crippen LogP) is 0.689. The summed E-state index contributed by atoms with van der Waals surface area (Å²) in [6.07, 6.45) is 2.44. The highest BCUT2D eigenvalue weighted by molar-refractivity contribution is 5.85. The lowest BCUT2D eigenvalue weighted by molar-refractivity contribution is 0.158. The summed E-state index contributed by atoms with van der Waals surface area (Å²) in [7, 11) is 0. The van der Waals surface area contributed by atoms with Crippen molar-refractivity contribution >= 4 is 12.4 Å². The highest BCUT2D eigenvalue weighted by Crippen LogP contribution is 2.13. The summed E-state index contributed by atoms with van der Waals surface area (Å²) in [5.74, 6) is 0.840. The van der Waals surface area contributed by atoms with Crippen molar-refractivity contribution in [2.45, 2.75) is 45.8 Å². The van der Waals surface area contributed by atoms with Gasteiger partial charge in [-0.2, -0.15) is 4.80 Å². The van der Waals surface area contributed by atoms with Crippen LogP contribution in [0.4, 0.5) is 0 Å². The highest BCUT2D eigenvalue weighted by Gasteiger charge is 2.20. The van der Waals surface area contributed by atoms with Crippen LogP contribution in [0.5, 0.6) is 0 Å². The number of hydrogen-bond donors (Lipinski definition) is 1. The Balaban J connectivity index is 0.00000162. The van der Waals surface area contributed by atoms with E-state index < -0.39 is 0 Å². The van der Waals surface area contributed by atoms with Crippen LogP contribution >= 0.6 is 12.4 Å². The van der Waals surface area contributed by atoms with E-state index in [1.807, 2.05) is 6.92 Å². The van der Waals surface area contributed by atoms with Gasteiger partial charge in [-0.3, -0.25) is 4.90 Å². The van der Waals surface area contributed by atoms with E-state index >= 15 is 0 Å². The van der Waals surface area contributed by atoms with Crippen LogP contribution in [0, 0.1) is 0 Å². The van der Waals surface area contributed by atoms with Gasteiger partial charge < -0.3 is 5.32 Å². The van der Waals surface area contributed by atoms with Crippen molar-refractivity contribution in [3.8, 4) is 0 Å². The number of nitrogens with one attached hydrogen (secondary N) is 1. The minimum absolute atomic E-state index is 0. The van der Waals surface area contributed by atoms with Crippen LogP contribution in [0.2, 0.25) is 0 Å². The Labute approximate surface area is 115 Å². The average molecular weight is 275 g/mol. The van der Waals surface area contributed by atoms with Gasteiger partial charge in [0.2, 0.25) is 0 Å². The number of rotatable bonds is 5. The lowest BCUT2D eigenvalue weighted by atomic mass is 10.0. The SMILES string of the molecule is CCN(Cc1nnn(CC)n1)C1CCNCC1.Cl. The minimum Gasteiger partial charge on any atom is -0.317 e. The molecule has 0 bridgehead atoms. The molecule has 104 valence electrons. The van der Waals surface area contributed by atoms with Gasteiger partial charge in [0.05, 0.1) is 13.1 Å². The second-order valence-electron chi connectivity index (χ2n) is 4.44. The monoisotopic (exact) mass is 274 g/mol. The molecule has 2 heterocycles. The van der Waals surface area contributed by atoms with Crippen LogP contribution in [0.3, 0.4) is 0 Å². The molecule has 7 heteroatoms. The Hall–Kier alpha value is -0.720. The molecular weight excluding hydrogens is 252 g/mol. The number of halogens is 1. The molecule has 0 spiro atoms. The Morgan fingerprint density at radius 1 is 1.33 bits per heavy atom. The molecule has 1 aromatic rings. The van der Waals surface area contributed by atoms with Crippen LogP contribution in [0.1, 0.15) is 32.5 Å². The molecule has 6 nitrogen and oxygen atoms in total. The first-order chi connectivity index (χ1) is 8.33. The molecule has 1 aliphatic heterocycles. The van der Waals surface area contributed by atoms with Crippen LogP contribution in [-0.2, 0) is 13.1 Å². The van der Waals surface area contributed by atoms with Crippen molar-refractivity contribution < 1.29 is 0 Å². The first kappa shape index (κ1) is 15.3. The van der Waals surface area contributed by atoms with Gasteiger partial charge in [0, 0.05) is 6.04 Å². The molecule has 0 aromatic carbocycles. The largest absolute Gasteiger partial charge is 0.317 e. The molecule has 18 heavy (non-hydrogen) atoms. The second-order valence-corrected chi connectivity index (χ2v) is 4.44. The molecule has 0 aliphatic carbocycles. The summed E-state index contributed by atoms with van der Waals surface area (Å²) >= 11 is 0. The third-order valence-electron chi connectivity index (χ3n) is 3.35. The highest BCUT2D eigenvalue weighted by atomic mass is 35.5. The number of aromatic nitrogens is 4. The minimum atomic E-state index is 0. The van der Waals surface area contributed by atoms with E-state index in [1.165, 1.54) is 12.8 Å². The summed E-state index contributed by atoms with van der Waals surface area (Å²) in [4.78, 5) is 4.10. The third-order valence-corrected chi connectivity index (χ3v) is 3.35. The number of nitrogens with zero attached hydrogens (tertiary/aromatic N) is 5. The van der Waals surface area contributed by atoms with Gasteiger partial charge >= 0.3 is 0 Å². The summed E-state index contributed by atoms with van der Waals surface area (Å²) in [5, 5.41) is 15.8. The van der Waals surface area contributed by atoms with Crippen LogP contribution < -0.4 is 5.32 Å². The lowest BCUT2D eigenvalue weighted by Crippen LogP contribution is -2.42. The van der Waals surface area contributed by atoms with Crippen molar-refractivity contribution in [2.24, 2.45) is 0 Å². The van der Waals surface area contributed by atoms with Gasteiger partial charge in [-0.15, -0.1) is 22.6 Å². The molecular formula is C11H23ClN6. The van der Waals surface area contributed by atoms with Crippen LogP contribution in [-0.4, -0.2) is 50.8 Å². The van der Waals surface area contributed by atoms with Gasteiger partial charge in [0.15, 0.2) is 5.82 Å². The quantitative estimate of drug-likeness (QED) is 0.856. The fraction of sp³-hybridized carbons (Fsp3) is 0.909. The smallest absolute Gasteiger partial charge is 0.188 e. The predicted molar refractivity (Wildman–Crippen MR) is 72.7 cm³/mol. The van der Waals surface area contributed by atoms with Crippen molar-refractivity contribution in [3.05, 3.63) is 5.82 Å². The van der Waals surface area contributed by atoms with E-state index in [4.69, 9.17) is 0 Å². The third kappa shape index (κ3) is 3.90. The van der Waals surface area contributed by atoms with Gasteiger partial charge in [-0.25, -0.2) is 0 Å². The maximum atomic E-state index is 4.35. The molecule has 1 saturated heterocycles. The van der Waals surface area contributed by atoms with Crippen LogP contribution in [0.15, 0.2) is 0 Å². The zero-order chi connectivity index (χ0) is 12.1. The molecule has 2 rings (SSSR count). The van der Waals surface area contributed by atoms with E-state index in [2.05, 4.69) is 32.6 Å². The normalized spacial score (nSPS) is 16.8. The molecule has 0 saturated carbocycles. The van der Waals surface area contributed by atoms with Crippen molar-refractivity contribution in [2.75, 3.05) is 19.6 Å². The molecule has 1 N–H and O–H groups in total. The Morgan fingerprint density at radius 2 is 2.06 bits per heavy atom. The van der Waals surface area contributed by atoms with Crippen molar-refractivity contribution in [1.82, 2.24) is 30.4 Å². The lowest BCUT2D eigenvalue weighted by Gasteiger charge is -2.32. The molecule has 1 fully saturated rings. The van der Waals surface area contributed by atoms with Gasteiger partial charge in [-0.05, 0) is 44.6 Å². The first-order valence-electron chi connectivity index (χ1n) is 6.55. The summed E-state index contributed by atoms with van der Waals surface area (Å²) in [5.41, 5.74) is 0. The number of aryl methyl sites for hydroxylation is 1. The van der Waals surface area contributed by atoms with Crippen molar-refractivity contribution in [1.29, 1.82) is 0 Å². The fourth-order valence-electron chi connectivity index (χ4n) is 2.33. The number of tetrazole rings is 1. The zero-order valence-corrected chi connectivity index (χ0v) is 12.0. The van der Waals surface area contributed by atoms with Crippen LogP contribution in [0.25, 0.3) is 0 Å². The fourth-order valence-corrected chi connectivity index (χ4v) is 2.33. The van der Waals surface area contributed by atoms with E-state index in [0.717, 1.165) is 38.5 Å². The molecule has 1 aliphatic rings. The summed E-state index contributed by atoms with van der Waals surface area (Å²) < 4.78 is 0. The molecule has 0 amide bonds. The number of piperidine rings is 1. The van der Waals surface area contributed by atoms with E-state index in [1.54, 1.807) is 4.80 Å². The maximum Gasteiger partial charge on any atom is 0.188 e. The van der Waals surface area contributed by atoms with E-state index in [0.29, 0.717) is 6.04 Å².